The maximum atomic E-state index is 12.7. The Balaban J connectivity index is 3.55. The highest BCUT2D eigenvalue weighted by Gasteiger charge is 2.36. The maximum absolute atomic E-state index is 12.7. The second-order valence-electron chi connectivity index (χ2n) is 12.8. The lowest BCUT2D eigenvalue weighted by atomic mass is 9.66. The Hall–Kier alpha value is -2.55. The van der Waals surface area contributed by atoms with E-state index in [2.05, 4.69) is 67.9 Å². The Morgan fingerprint density at radius 1 is 0.838 bits per heavy atom. The SMILES string of the molecule is C=CCCC(CCC=C)(CCC=C)CC(C=C)C(Cc1cc(C(C)(C)C)c(O)c(C(C)(C)C)c1)C(=O)O. The number of hydrogen-bond acceptors (Lipinski definition) is 2. The molecule has 0 saturated carbocycles. The van der Waals surface area contributed by atoms with Gasteiger partial charge in [-0.2, -0.15) is 0 Å². The largest absolute Gasteiger partial charge is 0.507 e. The Morgan fingerprint density at radius 3 is 1.54 bits per heavy atom. The lowest BCUT2D eigenvalue weighted by Crippen LogP contribution is -2.32. The summed E-state index contributed by atoms with van der Waals surface area (Å²) in [4.78, 5) is 12.7. The number of phenolic OH excluding ortho intramolecular Hbond substituents is 1. The van der Waals surface area contributed by atoms with Crippen LogP contribution >= 0.6 is 0 Å². The van der Waals surface area contributed by atoms with Crippen LogP contribution in [0.15, 0.2) is 62.8 Å². The number of aliphatic carboxylic acids is 1. The van der Waals surface area contributed by atoms with E-state index in [9.17, 15) is 15.0 Å². The molecule has 0 aliphatic rings. The van der Waals surface area contributed by atoms with Crippen molar-refractivity contribution < 1.29 is 15.0 Å². The van der Waals surface area contributed by atoms with E-state index in [0.29, 0.717) is 12.2 Å². The minimum Gasteiger partial charge on any atom is -0.507 e. The van der Waals surface area contributed by atoms with E-state index in [1.165, 1.54) is 0 Å². The highest BCUT2D eigenvalue weighted by atomic mass is 16.4. The summed E-state index contributed by atoms with van der Waals surface area (Å²) in [5.41, 5.74) is 2.07. The molecule has 0 saturated heterocycles. The molecule has 3 heteroatoms. The number of carboxylic acids is 1. The molecule has 3 nitrogen and oxygen atoms in total. The molecular weight excluding hydrogens is 456 g/mol. The van der Waals surface area contributed by atoms with Crippen molar-refractivity contribution in [1.29, 1.82) is 0 Å². The average Bonchev–Trinajstić information content (AvgIpc) is 2.81. The smallest absolute Gasteiger partial charge is 0.307 e. The highest BCUT2D eigenvalue weighted by Crippen LogP contribution is 2.45. The van der Waals surface area contributed by atoms with Crippen LogP contribution in [-0.2, 0) is 22.0 Å². The maximum Gasteiger partial charge on any atom is 0.307 e. The molecule has 0 aliphatic carbocycles. The summed E-state index contributed by atoms with van der Waals surface area (Å²) in [6.45, 7) is 28.3. The van der Waals surface area contributed by atoms with Crippen molar-refractivity contribution in [2.45, 2.75) is 104 Å². The molecule has 0 radical (unpaired) electrons. The van der Waals surface area contributed by atoms with Crippen LogP contribution in [0, 0.1) is 17.3 Å². The number of allylic oxidation sites excluding steroid dienone is 4. The van der Waals surface area contributed by atoms with E-state index in [0.717, 1.165) is 61.6 Å². The monoisotopic (exact) mass is 508 g/mol. The minimum atomic E-state index is -0.808. The quantitative estimate of drug-likeness (QED) is 0.219. The predicted octanol–water partition coefficient (Wildman–Crippen LogP) is 9.31. The molecule has 1 aromatic rings. The van der Waals surface area contributed by atoms with E-state index >= 15 is 0 Å². The number of rotatable bonds is 16. The Kier molecular flexibility index (Phi) is 12.1. The second-order valence-corrected chi connectivity index (χ2v) is 12.8. The third-order valence-electron chi connectivity index (χ3n) is 7.68. The molecule has 37 heavy (non-hydrogen) atoms. The van der Waals surface area contributed by atoms with Crippen LogP contribution in [-0.4, -0.2) is 16.2 Å². The van der Waals surface area contributed by atoms with E-state index in [4.69, 9.17) is 0 Å². The van der Waals surface area contributed by atoms with Crippen molar-refractivity contribution in [3.8, 4) is 5.75 Å². The van der Waals surface area contributed by atoms with Crippen molar-refractivity contribution in [3.63, 3.8) is 0 Å². The zero-order valence-electron chi connectivity index (χ0n) is 24.4. The Labute approximate surface area is 227 Å². The fraction of sp³-hybridized carbons (Fsp3) is 0.559. The van der Waals surface area contributed by atoms with Gasteiger partial charge in [0.15, 0.2) is 0 Å². The van der Waals surface area contributed by atoms with Gasteiger partial charge in [0.05, 0.1) is 5.92 Å². The normalized spacial score (nSPS) is 14.0. The molecule has 2 atom stereocenters. The molecular formula is C34H52O3. The van der Waals surface area contributed by atoms with Gasteiger partial charge in [-0.05, 0) is 90.2 Å². The van der Waals surface area contributed by atoms with Crippen LogP contribution in [0.1, 0.15) is 103 Å². The third kappa shape index (κ3) is 9.36. The summed E-state index contributed by atoms with van der Waals surface area (Å²) in [6, 6.07) is 4.00. The topological polar surface area (TPSA) is 57.5 Å². The molecule has 0 amide bonds. The van der Waals surface area contributed by atoms with Gasteiger partial charge in [-0.25, -0.2) is 0 Å². The number of carboxylic acid groups (broad SMARTS) is 1. The fourth-order valence-electron chi connectivity index (χ4n) is 5.43. The summed E-state index contributed by atoms with van der Waals surface area (Å²) >= 11 is 0. The molecule has 0 fully saturated rings. The molecule has 0 aromatic heterocycles. The fourth-order valence-corrected chi connectivity index (χ4v) is 5.43. The Bertz CT molecular complexity index is 872. The van der Waals surface area contributed by atoms with E-state index in [-0.39, 0.29) is 22.2 Å². The van der Waals surface area contributed by atoms with E-state index < -0.39 is 11.9 Å². The predicted molar refractivity (Wildman–Crippen MR) is 159 cm³/mol. The Morgan fingerprint density at radius 2 is 1.24 bits per heavy atom. The zero-order valence-corrected chi connectivity index (χ0v) is 24.4. The van der Waals surface area contributed by atoms with Gasteiger partial charge in [0.2, 0.25) is 0 Å². The van der Waals surface area contributed by atoms with Gasteiger partial charge in [-0.15, -0.1) is 26.3 Å². The summed E-state index contributed by atoms with van der Waals surface area (Å²) in [5.74, 6) is -1.30. The first-order valence-corrected chi connectivity index (χ1v) is 13.7. The third-order valence-corrected chi connectivity index (χ3v) is 7.68. The van der Waals surface area contributed by atoms with Crippen molar-refractivity contribution in [2.75, 3.05) is 0 Å². The van der Waals surface area contributed by atoms with Crippen molar-refractivity contribution in [1.82, 2.24) is 0 Å². The molecule has 0 aliphatic heterocycles. The van der Waals surface area contributed by atoms with Gasteiger partial charge in [-0.1, -0.05) is 78.0 Å². The number of benzene rings is 1. The number of phenols is 1. The first-order chi connectivity index (χ1) is 17.2. The van der Waals surface area contributed by atoms with E-state index in [1.807, 2.05) is 36.4 Å². The van der Waals surface area contributed by atoms with E-state index in [1.54, 1.807) is 0 Å². The molecule has 1 rings (SSSR count). The summed E-state index contributed by atoms with van der Waals surface area (Å²) < 4.78 is 0. The summed E-state index contributed by atoms with van der Waals surface area (Å²) in [7, 11) is 0. The molecule has 1 aromatic carbocycles. The summed E-state index contributed by atoms with van der Waals surface area (Å²) in [6.07, 6.45) is 14.4. The molecule has 0 spiro atoms. The average molecular weight is 509 g/mol. The first kappa shape index (κ1) is 32.5. The standard InChI is InChI=1S/C34H52O3/c1-11-15-18-34(19-16-12-2,20-17-13-3)24-26(14-4)27(31(36)37)21-25-22-28(32(5,6)7)30(35)29(23-25)33(8,9)10/h11-14,22-23,26-27,35H,1-4,15-21,24H2,5-10H3,(H,36,37). The molecule has 0 bridgehead atoms. The summed E-state index contributed by atoms with van der Waals surface area (Å²) in [5, 5.41) is 21.6. The highest BCUT2D eigenvalue weighted by molar-refractivity contribution is 5.71. The van der Waals surface area contributed by atoms with Crippen LogP contribution < -0.4 is 0 Å². The molecule has 2 unspecified atom stereocenters. The van der Waals surface area contributed by atoms with Crippen LogP contribution in [0.4, 0.5) is 0 Å². The lowest BCUT2D eigenvalue weighted by Gasteiger charge is -2.38. The minimum absolute atomic E-state index is 0.0365. The van der Waals surface area contributed by atoms with Crippen LogP contribution in [0.25, 0.3) is 0 Å². The van der Waals surface area contributed by atoms with Crippen LogP contribution in [0.5, 0.6) is 5.75 Å². The molecule has 0 heterocycles. The van der Waals surface area contributed by atoms with Crippen LogP contribution in [0.3, 0.4) is 0 Å². The van der Waals surface area contributed by atoms with Gasteiger partial charge >= 0.3 is 5.97 Å². The number of aromatic hydroxyl groups is 1. The first-order valence-electron chi connectivity index (χ1n) is 13.7. The van der Waals surface area contributed by atoms with Gasteiger partial charge in [0.25, 0.3) is 0 Å². The number of hydrogen-bond donors (Lipinski definition) is 2. The van der Waals surface area contributed by atoms with Gasteiger partial charge in [0, 0.05) is 0 Å². The van der Waals surface area contributed by atoms with Gasteiger partial charge in [-0.3, -0.25) is 4.79 Å². The van der Waals surface area contributed by atoms with Gasteiger partial charge < -0.3 is 10.2 Å². The van der Waals surface area contributed by atoms with Crippen molar-refractivity contribution in [2.24, 2.45) is 17.3 Å². The van der Waals surface area contributed by atoms with Crippen molar-refractivity contribution in [3.05, 3.63) is 79.4 Å². The van der Waals surface area contributed by atoms with Gasteiger partial charge in [0.1, 0.15) is 5.75 Å². The number of carbonyl (C=O) groups is 1. The zero-order chi connectivity index (χ0) is 28.4. The lowest BCUT2D eigenvalue weighted by molar-refractivity contribution is -0.143. The van der Waals surface area contributed by atoms with Crippen LogP contribution in [0.2, 0.25) is 0 Å². The van der Waals surface area contributed by atoms with Crippen molar-refractivity contribution >= 4 is 5.97 Å². The second kappa shape index (κ2) is 13.8. The molecule has 2 N–H and O–H groups in total. The molecule has 206 valence electrons.